The lowest BCUT2D eigenvalue weighted by Gasteiger charge is -2.13. The second kappa shape index (κ2) is 8.99. The lowest BCUT2D eigenvalue weighted by Crippen LogP contribution is -2.17. The van der Waals surface area contributed by atoms with Crippen LogP contribution in [0.15, 0.2) is 59.5 Å². The number of ether oxygens (including phenoxy) is 1. The smallest absolute Gasteiger partial charge is 0.263 e. The van der Waals surface area contributed by atoms with Crippen LogP contribution in [0, 0.1) is 20.8 Å². The molecule has 0 saturated heterocycles. The van der Waals surface area contributed by atoms with Gasteiger partial charge in [0.25, 0.3) is 15.9 Å². The molecule has 3 aromatic carbocycles. The standard InChI is InChI=1S/C23H23ClN2O4S/c1-14-5-10-21(30-4)20(11-14)25-23(27)17-7-9-19(24)22(13-17)31(28,29)26-18-8-6-15(2)16(3)12-18/h5-13,26H,1-4H3,(H,25,27). The number of anilines is 2. The summed E-state index contributed by atoms with van der Waals surface area (Å²) in [5.74, 6) is 0.0142. The van der Waals surface area contributed by atoms with Crippen LogP contribution >= 0.6 is 11.6 Å². The molecule has 0 fully saturated rings. The molecule has 6 nitrogen and oxygen atoms in total. The average Bonchev–Trinajstić information content (AvgIpc) is 2.71. The SMILES string of the molecule is COc1ccc(C)cc1NC(=O)c1ccc(Cl)c(S(=O)(=O)Nc2ccc(C)c(C)c2)c1. The third-order valence-electron chi connectivity index (χ3n) is 4.85. The molecule has 2 N–H and O–H groups in total. The van der Waals surface area contributed by atoms with Crippen molar-refractivity contribution in [3.8, 4) is 5.75 Å². The number of sulfonamides is 1. The van der Waals surface area contributed by atoms with Crippen molar-refractivity contribution in [2.45, 2.75) is 25.7 Å². The quantitative estimate of drug-likeness (QED) is 0.523. The Bertz CT molecular complexity index is 1260. The number of nitrogens with one attached hydrogen (secondary N) is 2. The first kappa shape index (κ1) is 22.7. The van der Waals surface area contributed by atoms with Gasteiger partial charge in [-0.15, -0.1) is 0 Å². The molecular formula is C23H23ClN2O4S. The molecule has 0 bridgehead atoms. The largest absolute Gasteiger partial charge is 0.495 e. The van der Waals surface area contributed by atoms with Crippen molar-refractivity contribution < 1.29 is 17.9 Å². The number of hydrogen-bond donors (Lipinski definition) is 2. The van der Waals surface area contributed by atoms with Crippen molar-refractivity contribution >= 4 is 38.9 Å². The number of hydrogen-bond acceptors (Lipinski definition) is 4. The minimum absolute atomic E-state index is 0.0148. The Labute approximate surface area is 187 Å². The van der Waals surface area contributed by atoms with Gasteiger partial charge in [-0.05, 0) is 79.9 Å². The first-order chi connectivity index (χ1) is 14.6. The molecule has 31 heavy (non-hydrogen) atoms. The second-order valence-electron chi connectivity index (χ2n) is 7.21. The zero-order chi connectivity index (χ0) is 22.8. The maximum Gasteiger partial charge on any atom is 0.263 e. The van der Waals surface area contributed by atoms with Crippen LogP contribution in [-0.2, 0) is 10.0 Å². The summed E-state index contributed by atoms with van der Waals surface area (Å²) in [5.41, 5.74) is 3.98. The van der Waals surface area contributed by atoms with Gasteiger partial charge in [-0.25, -0.2) is 8.42 Å². The first-order valence-electron chi connectivity index (χ1n) is 9.46. The van der Waals surface area contributed by atoms with E-state index in [0.717, 1.165) is 16.7 Å². The van der Waals surface area contributed by atoms with Gasteiger partial charge >= 0.3 is 0 Å². The Hall–Kier alpha value is -3.03. The Morgan fingerprint density at radius 2 is 1.68 bits per heavy atom. The summed E-state index contributed by atoms with van der Waals surface area (Å²) >= 11 is 6.17. The van der Waals surface area contributed by atoms with E-state index in [4.69, 9.17) is 16.3 Å². The molecule has 0 spiro atoms. The van der Waals surface area contributed by atoms with Crippen LogP contribution in [0.5, 0.6) is 5.75 Å². The molecule has 0 atom stereocenters. The summed E-state index contributed by atoms with van der Waals surface area (Å²) in [5, 5.41) is 2.77. The van der Waals surface area contributed by atoms with E-state index in [1.165, 1.54) is 25.3 Å². The minimum atomic E-state index is -4.01. The zero-order valence-electron chi connectivity index (χ0n) is 17.6. The summed E-state index contributed by atoms with van der Waals surface area (Å²) in [7, 11) is -2.50. The molecule has 8 heteroatoms. The number of carbonyl (C=O) groups excluding carboxylic acids is 1. The van der Waals surface area contributed by atoms with Crippen LogP contribution in [-0.4, -0.2) is 21.4 Å². The maximum atomic E-state index is 12.9. The fraction of sp³-hybridized carbons (Fsp3) is 0.174. The average molecular weight is 459 g/mol. The molecule has 3 rings (SSSR count). The predicted octanol–water partition coefficient (Wildman–Crippen LogP) is 5.33. The van der Waals surface area contributed by atoms with E-state index in [-0.39, 0.29) is 15.5 Å². The van der Waals surface area contributed by atoms with Crippen molar-refractivity contribution in [3.05, 3.63) is 81.9 Å². The van der Waals surface area contributed by atoms with Crippen LogP contribution in [0.2, 0.25) is 5.02 Å². The highest BCUT2D eigenvalue weighted by Crippen LogP contribution is 2.28. The number of benzene rings is 3. The van der Waals surface area contributed by atoms with E-state index in [1.807, 2.05) is 32.9 Å². The van der Waals surface area contributed by atoms with Gasteiger partial charge < -0.3 is 10.1 Å². The number of methoxy groups -OCH3 is 1. The highest BCUT2D eigenvalue weighted by molar-refractivity contribution is 7.92. The van der Waals surface area contributed by atoms with E-state index >= 15 is 0 Å². The van der Waals surface area contributed by atoms with Crippen molar-refractivity contribution in [2.75, 3.05) is 17.1 Å². The lowest BCUT2D eigenvalue weighted by molar-refractivity contribution is 0.102. The summed E-state index contributed by atoms with van der Waals surface area (Å²) in [4.78, 5) is 12.6. The number of amides is 1. The minimum Gasteiger partial charge on any atom is -0.495 e. The Morgan fingerprint density at radius 1 is 0.935 bits per heavy atom. The molecule has 0 saturated carbocycles. The van der Waals surface area contributed by atoms with E-state index in [0.29, 0.717) is 17.1 Å². The van der Waals surface area contributed by atoms with Crippen molar-refractivity contribution in [3.63, 3.8) is 0 Å². The molecule has 3 aromatic rings. The fourth-order valence-electron chi connectivity index (χ4n) is 2.98. The summed E-state index contributed by atoms with van der Waals surface area (Å²) in [6.07, 6.45) is 0. The van der Waals surface area contributed by atoms with Crippen molar-refractivity contribution in [2.24, 2.45) is 0 Å². The van der Waals surface area contributed by atoms with Gasteiger partial charge in [0.05, 0.1) is 17.8 Å². The van der Waals surface area contributed by atoms with Crippen LogP contribution in [0.3, 0.4) is 0 Å². The first-order valence-corrected chi connectivity index (χ1v) is 11.3. The number of aryl methyl sites for hydroxylation is 3. The molecule has 0 unspecified atom stereocenters. The molecule has 0 aliphatic carbocycles. The fourth-order valence-corrected chi connectivity index (χ4v) is 4.56. The van der Waals surface area contributed by atoms with Gasteiger partial charge in [-0.2, -0.15) is 0 Å². The highest BCUT2D eigenvalue weighted by Gasteiger charge is 2.21. The molecule has 0 aliphatic heterocycles. The van der Waals surface area contributed by atoms with Gasteiger partial charge in [-0.1, -0.05) is 23.7 Å². The summed E-state index contributed by atoms with van der Waals surface area (Å²) < 4.78 is 33.7. The van der Waals surface area contributed by atoms with Gasteiger partial charge in [0.2, 0.25) is 0 Å². The summed E-state index contributed by atoms with van der Waals surface area (Å²) in [6, 6.07) is 14.7. The van der Waals surface area contributed by atoms with E-state index in [2.05, 4.69) is 10.0 Å². The topological polar surface area (TPSA) is 84.5 Å². The molecule has 0 heterocycles. The van der Waals surface area contributed by atoms with Gasteiger partial charge in [0.1, 0.15) is 10.6 Å². The van der Waals surface area contributed by atoms with Crippen molar-refractivity contribution in [1.82, 2.24) is 0 Å². The molecule has 162 valence electrons. The zero-order valence-corrected chi connectivity index (χ0v) is 19.2. The Morgan fingerprint density at radius 3 is 2.35 bits per heavy atom. The number of halogens is 1. The Kier molecular flexibility index (Phi) is 6.57. The lowest BCUT2D eigenvalue weighted by atomic mass is 10.1. The maximum absolute atomic E-state index is 12.9. The molecule has 0 aromatic heterocycles. The second-order valence-corrected chi connectivity index (χ2v) is 9.27. The van der Waals surface area contributed by atoms with Crippen molar-refractivity contribution in [1.29, 1.82) is 0 Å². The molecule has 1 amide bonds. The highest BCUT2D eigenvalue weighted by atomic mass is 35.5. The molecular weight excluding hydrogens is 436 g/mol. The molecule has 0 radical (unpaired) electrons. The predicted molar refractivity (Wildman–Crippen MR) is 124 cm³/mol. The number of rotatable bonds is 6. The van der Waals surface area contributed by atoms with Gasteiger partial charge in [-0.3, -0.25) is 9.52 Å². The van der Waals surface area contributed by atoms with Gasteiger partial charge in [0.15, 0.2) is 0 Å². The van der Waals surface area contributed by atoms with Crippen LogP contribution in [0.25, 0.3) is 0 Å². The van der Waals surface area contributed by atoms with E-state index < -0.39 is 15.9 Å². The van der Waals surface area contributed by atoms with Crippen LogP contribution < -0.4 is 14.8 Å². The van der Waals surface area contributed by atoms with Gasteiger partial charge in [0, 0.05) is 11.3 Å². The Balaban J connectivity index is 1.91. The third-order valence-corrected chi connectivity index (χ3v) is 6.71. The number of carbonyl (C=O) groups is 1. The summed E-state index contributed by atoms with van der Waals surface area (Å²) in [6.45, 7) is 5.72. The monoisotopic (exact) mass is 458 g/mol. The third kappa shape index (κ3) is 5.18. The molecule has 0 aliphatic rings. The van der Waals surface area contributed by atoms with E-state index in [1.54, 1.807) is 24.3 Å². The van der Waals surface area contributed by atoms with Crippen LogP contribution in [0.1, 0.15) is 27.0 Å². The van der Waals surface area contributed by atoms with E-state index in [9.17, 15) is 13.2 Å². The normalized spacial score (nSPS) is 11.1. The van der Waals surface area contributed by atoms with Crippen LogP contribution in [0.4, 0.5) is 11.4 Å².